The fraction of sp³-hybridized carbons (Fsp3) is 0.545. The van der Waals surface area contributed by atoms with Crippen molar-refractivity contribution in [2.24, 2.45) is 11.3 Å². The maximum atomic E-state index is 13.7. The van der Waals surface area contributed by atoms with Crippen molar-refractivity contribution < 1.29 is 28.7 Å². The van der Waals surface area contributed by atoms with Crippen LogP contribution in [0, 0.1) is 17.2 Å². The second-order valence-corrected chi connectivity index (χ2v) is 9.15. The molecule has 1 spiro atoms. The summed E-state index contributed by atoms with van der Waals surface area (Å²) >= 11 is 0. The first kappa shape index (κ1) is 23.8. The van der Waals surface area contributed by atoms with Gasteiger partial charge in [-0.25, -0.2) is 4.39 Å². The molecule has 1 unspecified atom stereocenters. The van der Waals surface area contributed by atoms with E-state index in [4.69, 9.17) is 0 Å². The van der Waals surface area contributed by atoms with Gasteiger partial charge in [-0.05, 0) is 43.7 Å². The van der Waals surface area contributed by atoms with Crippen LogP contribution in [-0.2, 0) is 19.2 Å². The average Bonchev–Trinajstić information content (AvgIpc) is 3.08. The van der Waals surface area contributed by atoms with Crippen LogP contribution < -0.4 is 21.3 Å². The molecule has 1 aliphatic carbocycles. The van der Waals surface area contributed by atoms with E-state index in [0.29, 0.717) is 25.7 Å². The Morgan fingerprint density at radius 1 is 1.25 bits per heavy atom. The Morgan fingerprint density at radius 2 is 1.94 bits per heavy atom. The number of nitrogens with one attached hydrogen (secondary N) is 4. The van der Waals surface area contributed by atoms with Crippen molar-refractivity contribution in [1.29, 1.82) is 0 Å². The fourth-order valence-electron chi connectivity index (χ4n) is 4.57. The molecule has 2 aliphatic rings. The molecule has 0 bridgehead atoms. The molecule has 2 fully saturated rings. The van der Waals surface area contributed by atoms with Gasteiger partial charge in [-0.15, -0.1) is 0 Å². The predicted octanol–water partition coefficient (Wildman–Crippen LogP) is 0.441. The van der Waals surface area contributed by atoms with Gasteiger partial charge >= 0.3 is 11.8 Å². The Hall–Kier alpha value is -2.85. The van der Waals surface area contributed by atoms with E-state index in [9.17, 15) is 28.7 Å². The number of aliphatic hydroxyl groups is 1. The van der Waals surface area contributed by atoms with Crippen molar-refractivity contribution in [2.45, 2.75) is 57.3 Å². The van der Waals surface area contributed by atoms with E-state index in [1.807, 2.05) is 13.8 Å². The molecule has 1 saturated carbocycles. The Morgan fingerprint density at radius 3 is 2.50 bits per heavy atom. The fourth-order valence-corrected chi connectivity index (χ4v) is 4.57. The van der Waals surface area contributed by atoms with Gasteiger partial charge in [-0.1, -0.05) is 26.0 Å². The molecule has 1 heterocycles. The van der Waals surface area contributed by atoms with Crippen molar-refractivity contribution in [3.8, 4) is 0 Å². The first-order valence-corrected chi connectivity index (χ1v) is 10.7. The van der Waals surface area contributed by atoms with Gasteiger partial charge in [-0.2, -0.15) is 0 Å². The Labute approximate surface area is 185 Å². The lowest BCUT2D eigenvalue weighted by molar-refractivity contribution is -0.144. The highest BCUT2D eigenvalue weighted by Crippen LogP contribution is 2.52. The molecule has 1 aromatic carbocycles. The summed E-state index contributed by atoms with van der Waals surface area (Å²) in [6.45, 7) is 4.31. The number of aldehydes is 1. The number of carbonyl (C=O) groups is 4. The van der Waals surface area contributed by atoms with Crippen molar-refractivity contribution in [2.75, 3.05) is 11.9 Å². The first-order chi connectivity index (χ1) is 15.1. The second-order valence-electron chi connectivity index (χ2n) is 9.15. The van der Waals surface area contributed by atoms with Gasteiger partial charge in [0.05, 0.1) is 22.7 Å². The van der Waals surface area contributed by atoms with Crippen LogP contribution in [0.25, 0.3) is 0 Å². The number of aliphatic hydroxyl groups excluding tert-OH is 1. The predicted molar refractivity (Wildman–Crippen MR) is 114 cm³/mol. The lowest BCUT2D eigenvalue weighted by Gasteiger charge is -2.51. The first-order valence-electron chi connectivity index (χ1n) is 10.7. The van der Waals surface area contributed by atoms with Crippen LogP contribution in [0.2, 0.25) is 0 Å². The quantitative estimate of drug-likeness (QED) is 0.222. The molecule has 9 nitrogen and oxygen atoms in total. The number of rotatable bonds is 8. The zero-order valence-corrected chi connectivity index (χ0v) is 18.1. The highest BCUT2D eigenvalue weighted by Gasteiger charge is 2.61. The molecule has 2 atom stereocenters. The third-order valence-corrected chi connectivity index (χ3v) is 6.09. The van der Waals surface area contributed by atoms with E-state index in [1.54, 1.807) is 0 Å². The summed E-state index contributed by atoms with van der Waals surface area (Å²) in [5.74, 6) is -2.85. The van der Waals surface area contributed by atoms with Gasteiger partial charge in [0, 0.05) is 6.54 Å². The van der Waals surface area contributed by atoms with Crippen molar-refractivity contribution >= 4 is 29.7 Å². The largest absolute Gasteiger partial charge is 0.376 e. The number of halogens is 1. The van der Waals surface area contributed by atoms with Gasteiger partial charge in [-0.3, -0.25) is 19.7 Å². The summed E-state index contributed by atoms with van der Waals surface area (Å²) in [5, 5.41) is 21.1. The Kier molecular flexibility index (Phi) is 6.94. The SMILES string of the molecule is CC(C)C[C@H](NC(=O)C(=O)Nc1ccccc1F)C(O)NC1(C=O)CC2(CCNC2=O)C1. The molecule has 32 heavy (non-hydrogen) atoms. The zero-order chi connectivity index (χ0) is 23.5. The summed E-state index contributed by atoms with van der Waals surface area (Å²) in [5.41, 5.74) is -1.83. The number of amides is 3. The van der Waals surface area contributed by atoms with E-state index in [2.05, 4.69) is 21.3 Å². The summed E-state index contributed by atoms with van der Waals surface area (Å²) in [4.78, 5) is 48.6. The Bertz CT molecular complexity index is 900. The van der Waals surface area contributed by atoms with Crippen LogP contribution in [0.1, 0.15) is 39.5 Å². The number of benzene rings is 1. The molecule has 1 saturated heterocycles. The third-order valence-electron chi connectivity index (χ3n) is 6.09. The number of carbonyl (C=O) groups excluding carboxylic acids is 4. The second kappa shape index (κ2) is 9.33. The molecule has 0 radical (unpaired) electrons. The molecule has 174 valence electrons. The standard InChI is InChI=1S/C22H29FN4O5/c1-13(2)9-16(26-19(31)18(30)25-15-6-4-3-5-14(15)23)17(29)27-22(12-28)10-21(11-22)7-8-24-20(21)32/h3-6,12-13,16-17,27,29H,7-11H2,1-2H3,(H,24,32)(H,25,30)(H,26,31)/t16-,17?,21?,22?/m0/s1. The van der Waals surface area contributed by atoms with Crippen LogP contribution >= 0.6 is 0 Å². The van der Waals surface area contributed by atoms with E-state index < -0.39 is 40.9 Å². The molecule has 1 aliphatic heterocycles. The molecule has 3 amide bonds. The zero-order valence-electron chi connectivity index (χ0n) is 18.1. The van der Waals surface area contributed by atoms with E-state index >= 15 is 0 Å². The molecule has 1 aromatic rings. The van der Waals surface area contributed by atoms with Crippen molar-refractivity contribution in [3.05, 3.63) is 30.1 Å². The van der Waals surface area contributed by atoms with Crippen LogP contribution in [0.15, 0.2) is 24.3 Å². The van der Waals surface area contributed by atoms with Gasteiger partial charge < -0.3 is 25.9 Å². The summed E-state index contributed by atoms with van der Waals surface area (Å²) in [7, 11) is 0. The van der Waals surface area contributed by atoms with E-state index in [1.165, 1.54) is 18.2 Å². The van der Waals surface area contributed by atoms with Gasteiger partial charge in [0.2, 0.25) is 5.91 Å². The van der Waals surface area contributed by atoms with Gasteiger partial charge in [0.1, 0.15) is 18.3 Å². The normalized spacial score (nSPS) is 26.2. The minimum Gasteiger partial charge on any atom is -0.376 e. The molecule has 0 aromatic heterocycles. The summed E-state index contributed by atoms with van der Waals surface area (Å²) in [6.07, 6.45) is 0.793. The number of hydrogen-bond donors (Lipinski definition) is 5. The smallest absolute Gasteiger partial charge is 0.313 e. The molecule has 3 rings (SSSR count). The minimum atomic E-state index is -1.34. The minimum absolute atomic E-state index is 0.0481. The lowest BCUT2D eigenvalue weighted by Crippen LogP contribution is -2.68. The van der Waals surface area contributed by atoms with Crippen LogP contribution in [0.4, 0.5) is 10.1 Å². The van der Waals surface area contributed by atoms with Crippen LogP contribution in [0.5, 0.6) is 0 Å². The maximum absolute atomic E-state index is 13.7. The Balaban J connectivity index is 1.64. The number of anilines is 1. The van der Waals surface area contributed by atoms with Gasteiger partial charge in [0.15, 0.2) is 0 Å². The summed E-state index contributed by atoms with van der Waals surface area (Å²) < 4.78 is 13.7. The van der Waals surface area contributed by atoms with E-state index in [0.717, 1.165) is 6.07 Å². The third kappa shape index (κ3) is 4.97. The highest BCUT2D eigenvalue weighted by atomic mass is 19.1. The molecule has 10 heteroatoms. The average molecular weight is 448 g/mol. The van der Waals surface area contributed by atoms with Gasteiger partial charge in [0.25, 0.3) is 0 Å². The molecule has 5 N–H and O–H groups in total. The topological polar surface area (TPSA) is 137 Å². The molecular formula is C22H29FN4O5. The van der Waals surface area contributed by atoms with Crippen molar-refractivity contribution in [3.63, 3.8) is 0 Å². The van der Waals surface area contributed by atoms with Crippen LogP contribution in [0.3, 0.4) is 0 Å². The maximum Gasteiger partial charge on any atom is 0.313 e. The monoisotopic (exact) mass is 448 g/mol. The number of para-hydroxylation sites is 1. The number of hydrogen-bond acceptors (Lipinski definition) is 6. The summed E-state index contributed by atoms with van der Waals surface area (Å²) in [6, 6.07) is 4.55. The van der Waals surface area contributed by atoms with E-state index in [-0.39, 0.29) is 30.4 Å². The highest BCUT2D eigenvalue weighted by molar-refractivity contribution is 6.39. The molecular weight excluding hydrogens is 419 g/mol. The van der Waals surface area contributed by atoms with Crippen LogP contribution in [-0.4, -0.2) is 53.5 Å². The van der Waals surface area contributed by atoms with Crippen molar-refractivity contribution in [1.82, 2.24) is 16.0 Å². The lowest BCUT2D eigenvalue weighted by atomic mass is 9.57.